The molecule has 1 rings (SSSR count). The average molecular weight is 213 g/mol. The summed E-state index contributed by atoms with van der Waals surface area (Å²) in [5.74, 6) is 0. The predicted molar refractivity (Wildman–Crippen MR) is 54.0 cm³/mol. The van der Waals surface area contributed by atoms with Crippen LogP contribution in [0.3, 0.4) is 0 Å². The van der Waals surface area contributed by atoms with E-state index in [9.17, 15) is 4.79 Å². The molecule has 0 radical (unpaired) electrons. The molecule has 0 saturated heterocycles. The summed E-state index contributed by atoms with van der Waals surface area (Å²) < 4.78 is 4.39. The highest BCUT2D eigenvalue weighted by molar-refractivity contribution is 7.10. The minimum atomic E-state index is -0.450. The van der Waals surface area contributed by atoms with Crippen LogP contribution in [0.1, 0.15) is 4.88 Å². The number of ether oxygens (including phenoxy) is 1. The number of thiazole rings is 1. The molecule has 0 spiro atoms. The minimum Gasteiger partial charge on any atom is -0.453 e. The highest BCUT2D eigenvalue weighted by Gasteiger charge is 1.93. The van der Waals surface area contributed by atoms with Crippen LogP contribution in [0.25, 0.3) is 6.08 Å². The van der Waals surface area contributed by atoms with Gasteiger partial charge in [0.2, 0.25) is 0 Å². The molecule has 0 saturated carbocycles. The van der Waals surface area contributed by atoms with Gasteiger partial charge in [0.15, 0.2) is 4.80 Å². The van der Waals surface area contributed by atoms with E-state index < -0.39 is 6.09 Å². The Hall–Kier alpha value is -1.56. The Labute approximate surface area is 84.9 Å². The highest BCUT2D eigenvalue weighted by atomic mass is 32.1. The normalized spacial score (nSPS) is 10.4. The zero-order valence-electron chi connectivity index (χ0n) is 7.66. The number of alkyl carbamates (subject to hydrolysis) is 1. The fourth-order valence-electron chi connectivity index (χ4n) is 0.785. The van der Waals surface area contributed by atoms with E-state index >= 15 is 0 Å². The van der Waals surface area contributed by atoms with Gasteiger partial charge in [0.1, 0.15) is 0 Å². The molecule has 6 heteroatoms. The zero-order chi connectivity index (χ0) is 10.4. The summed E-state index contributed by atoms with van der Waals surface area (Å²) in [6.07, 6.45) is 4.90. The summed E-state index contributed by atoms with van der Waals surface area (Å²) in [6, 6.07) is 0. The molecule has 1 aromatic heterocycles. The number of hydrogen-bond donors (Lipinski definition) is 3. The molecule has 0 aromatic carbocycles. The topological polar surface area (TPSA) is 78.0 Å². The van der Waals surface area contributed by atoms with Crippen molar-refractivity contribution in [2.75, 3.05) is 13.7 Å². The third kappa shape index (κ3) is 3.44. The number of aromatic amines is 1. The number of methoxy groups -OCH3 is 1. The summed E-state index contributed by atoms with van der Waals surface area (Å²) >= 11 is 1.33. The second-order valence-corrected chi connectivity index (χ2v) is 3.48. The Balaban J connectivity index is 2.34. The Kier molecular flexibility index (Phi) is 3.93. The number of carbonyl (C=O) groups is 1. The van der Waals surface area contributed by atoms with Gasteiger partial charge >= 0.3 is 6.09 Å². The lowest BCUT2D eigenvalue weighted by Crippen LogP contribution is -2.22. The molecule has 0 aliphatic heterocycles. The Morgan fingerprint density at radius 2 is 2.64 bits per heavy atom. The first-order chi connectivity index (χ1) is 6.72. The van der Waals surface area contributed by atoms with Gasteiger partial charge in [-0.2, -0.15) is 0 Å². The molecule has 14 heavy (non-hydrogen) atoms. The van der Waals surface area contributed by atoms with Crippen molar-refractivity contribution < 1.29 is 9.53 Å². The van der Waals surface area contributed by atoms with Gasteiger partial charge in [0.25, 0.3) is 0 Å². The Morgan fingerprint density at radius 3 is 3.21 bits per heavy atom. The number of carbonyl (C=O) groups excluding carboxylic acids is 1. The molecule has 3 N–H and O–H groups in total. The van der Waals surface area contributed by atoms with Gasteiger partial charge in [-0.05, 0) is 6.08 Å². The van der Waals surface area contributed by atoms with Crippen molar-refractivity contribution in [2.24, 2.45) is 0 Å². The van der Waals surface area contributed by atoms with E-state index in [0.29, 0.717) is 11.3 Å². The van der Waals surface area contributed by atoms with Gasteiger partial charge in [0.05, 0.1) is 7.11 Å². The maximum atomic E-state index is 10.6. The Bertz CT molecular complexity index is 380. The molecule has 0 atom stereocenters. The summed E-state index contributed by atoms with van der Waals surface area (Å²) in [5.41, 5.74) is 0. The number of rotatable bonds is 3. The SMILES string of the molecule is COC(=O)NC/C=C\c1c[nH]c(=N)s1. The second kappa shape index (κ2) is 5.23. The summed E-state index contributed by atoms with van der Waals surface area (Å²) in [7, 11) is 1.32. The van der Waals surface area contributed by atoms with Crippen molar-refractivity contribution in [2.45, 2.75) is 0 Å². The largest absolute Gasteiger partial charge is 0.453 e. The van der Waals surface area contributed by atoms with Crippen LogP contribution in [-0.2, 0) is 4.74 Å². The third-order valence-corrected chi connectivity index (χ3v) is 2.21. The van der Waals surface area contributed by atoms with Gasteiger partial charge in [0, 0.05) is 17.6 Å². The molecule has 0 unspecified atom stereocenters. The van der Waals surface area contributed by atoms with Crippen LogP contribution < -0.4 is 10.1 Å². The number of nitrogens with one attached hydrogen (secondary N) is 3. The smallest absolute Gasteiger partial charge is 0.407 e. The van der Waals surface area contributed by atoms with Crippen LogP contribution in [0, 0.1) is 5.41 Å². The van der Waals surface area contributed by atoms with Crippen LogP contribution in [0.15, 0.2) is 12.3 Å². The van der Waals surface area contributed by atoms with E-state index in [-0.39, 0.29) is 0 Å². The minimum absolute atomic E-state index is 0.408. The molecule has 1 heterocycles. The van der Waals surface area contributed by atoms with Gasteiger partial charge in [-0.15, -0.1) is 0 Å². The standard InChI is InChI=1S/C8H11N3O2S/c1-13-8(12)10-4-2-3-6-5-11-7(9)14-6/h2-3,5H,4H2,1H3,(H2,9,11)(H,10,12)/b3-2-. The Morgan fingerprint density at radius 1 is 1.86 bits per heavy atom. The molecule has 0 bridgehead atoms. The first-order valence-corrected chi connectivity index (χ1v) is 4.75. The van der Waals surface area contributed by atoms with E-state index in [1.807, 2.05) is 6.08 Å². The molecule has 0 aliphatic rings. The fourth-order valence-corrected chi connectivity index (χ4v) is 1.42. The average Bonchev–Trinajstić information content (AvgIpc) is 2.58. The molecule has 1 amide bonds. The molecule has 76 valence electrons. The third-order valence-electron chi connectivity index (χ3n) is 1.40. The van der Waals surface area contributed by atoms with Crippen LogP contribution >= 0.6 is 11.3 Å². The van der Waals surface area contributed by atoms with Crippen molar-refractivity contribution in [3.8, 4) is 0 Å². The van der Waals surface area contributed by atoms with Gasteiger partial charge < -0.3 is 15.0 Å². The fraction of sp³-hybridized carbons (Fsp3) is 0.250. The van der Waals surface area contributed by atoms with Crippen molar-refractivity contribution in [3.05, 3.63) is 22.0 Å². The maximum Gasteiger partial charge on any atom is 0.407 e. The molecule has 1 aromatic rings. The molecular formula is C8H11N3O2S. The van der Waals surface area contributed by atoms with Crippen LogP contribution in [0.2, 0.25) is 0 Å². The zero-order valence-corrected chi connectivity index (χ0v) is 8.48. The summed E-state index contributed by atoms with van der Waals surface area (Å²) in [6.45, 7) is 0.415. The molecular weight excluding hydrogens is 202 g/mol. The van der Waals surface area contributed by atoms with Crippen molar-refractivity contribution >= 4 is 23.5 Å². The van der Waals surface area contributed by atoms with Gasteiger partial charge in [-0.25, -0.2) is 4.79 Å². The van der Waals surface area contributed by atoms with Crippen molar-refractivity contribution in [1.29, 1.82) is 5.41 Å². The number of amides is 1. The van der Waals surface area contributed by atoms with E-state index in [0.717, 1.165) is 4.88 Å². The van der Waals surface area contributed by atoms with Crippen LogP contribution in [0.5, 0.6) is 0 Å². The lowest BCUT2D eigenvalue weighted by atomic mass is 10.4. The first kappa shape index (κ1) is 10.5. The summed E-state index contributed by atoms with van der Waals surface area (Å²) in [4.78, 5) is 14.7. The second-order valence-electron chi connectivity index (χ2n) is 2.40. The van der Waals surface area contributed by atoms with Gasteiger partial charge in [-0.3, -0.25) is 5.41 Å². The predicted octanol–water partition coefficient (Wildman–Crippen LogP) is 0.925. The summed E-state index contributed by atoms with van der Waals surface area (Å²) in [5, 5.41) is 9.74. The number of hydrogen-bond acceptors (Lipinski definition) is 4. The lowest BCUT2D eigenvalue weighted by molar-refractivity contribution is 0.172. The number of aromatic nitrogens is 1. The molecule has 5 nitrogen and oxygen atoms in total. The lowest BCUT2D eigenvalue weighted by Gasteiger charge is -1.97. The van der Waals surface area contributed by atoms with Crippen LogP contribution in [0.4, 0.5) is 4.79 Å². The highest BCUT2D eigenvalue weighted by Crippen LogP contribution is 2.01. The van der Waals surface area contributed by atoms with E-state index in [4.69, 9.17) is 5.41 Å². The van der Waals surface area contributed by atoms with Gasteiger partial charge in [-0.1, -0.05) is 17.4 Å². The van der Waals surface area contributed by atoms with E-state index in [1.54, 1.807) is 12.3 Å². The van der Waals surface area contributed by atoms with E-state index in [2.05, 4.69) is 15.0 Å². The molecule has 0 aliphatic carbocycles. The quantitative estimate of drug-likeness (QED) is 0.698. The van der Waals surface area contributed by atoms with Crippen LogP contribution in [-0.4, -0.2) is 24.7 Å². The van der Waals surface area contributed by atoms with Crippen molar-refractivity contribution in [3.63, 3.8) is 0 Å². The first-order valence-electron chi connectivity index (χ1n) is 3.94. The monoisotopic (exact) mass is 213 g/mol. The maximum absolute atomic E-state index is 10.6. The number of H-pyrrole nitrogens is 1. The van der Waals surface area contributed by atoms with E-state index in [1.165, 1.54) is 18.4 Å². The molecule has 0 fully saturated rings. The van der Waals surface area contributed by atoms with Crippen molar-refractivity contribution in [1.82, 2.24) is 10.3 Å².